The summed E-state index contributed by atoms with van der Waals surface area (Å²) in [7, 11) is 1.38. The van der Waals surface area contributed by atoms with Crippen molar-refractivity contribution in [2.75, 3.05) is 7.11 Å². The lowest BCUT2D eigenvalue weighted by molar-refractivity contribution is -0.141. The third-order valence-corrected chi connectivity index (χ3v) is 3.78. The lowest BCUT2D eigenvalue weighted by Crippen LogP contribution is -2.30. The molecule has 0 N–H and O–H groups in total. The van der Waals surface area contributed by atoms with Gasteiger partial charge < -0.3 is 9.47 Å². The Hall–Kier alpha value is -2.03. The number of rotatable bonds is 2. The summed E-state index contributed by atoms with van der Waals surface area (Å²) in [6.07, 6.45) is 7.02. The van der Waals surface area contributed by atoms with Crippen LogP contribution < -0.4 is 0 Å². The summed E-state index contributed by atoms with van der Waals surface area (Å²) in [5.74, 6) is 0.490. The first-order valence-corrected chi connectivity index (χ1v) is 6.48. The Morgan fingerprint density at radius 3 is 2.84 bits per heavy atom. The predicted octanol–water partition coefficient (Wildman–Crippen LogP) is 2.80. The molecule has 2 aliphatic rings. The van der Waals surface area contributed by atoms with Crippen LogP contribution in [0.25, 0.3) is 0 Å². The molecule has 98 valence electrons. The molecule has 3 rings (SSSR count). The lowest BCUT2D eigenvalue weighted by Gasteiger charge is -2.32. The summed E-state index contributed by atoms with van der Waals surface area (Å²) < 4.78 is 10.5. The van der Waals surface area contributed by atoms with Crippen LogP contribution in [0.2, 0.25) is 0 Å². The van der Waals surface area contributed by atoms with Crippen molar-refractivity contribution < 1.29 is 14.3 Å². The van der Waals surface area contributed by atoms with E-state index in [1.54, 1.807) is 0 Å². The summed E-state index contributed by atoms with van der Waals surface area (Å²) >= 11 is 0. The van der Waals surface area contributed by atoms with Crippen LogP contribution in [0, 0.1) is 5.92 Å². The Morgan fingerprint density at radius 1 is 1.32 bits per heavy atom. The van der Waals surface area contributed by atoms with Gasteiger partial charge in [-0.05, 0) is 24.1 Å². The Kier molecular flexibility index (Phi) is 3.11. The second-order valence-electron chi connectivity index (χ2n) is 4.87. The van der Waals surface area contributed by atoms with E-state index in [0.29, 0.717) is 11.7 Å². The molecule has 0 radical (unpaired) electrons. The molecule has 0 saturated heterocycles. The van der Waals surface area contributed by atoms with Gasteiger partial charge in [-0.3, -0.25) is 0 Å². The molecular weight excluding hydrogens is 240 g/mol. The van der Waals surface area contributed by atoms with Crippen molar-refractivity contribution in [3.63, 3.8) is 0 Å². The Labute approximate surface area is 112 Å². The number of esters is 1. The van der Waals surface area contributed by atoms with E-state index < -0.39 is 5.97 Å². The Morgan fingerprint density at radius 2 is 2.11 bits per heavy atom. The molecule has 0 bridgehead atoms. The van der Waals surface area contributed by atoms with Gasteiger partial charge in [-0.2, -0.15) is 0 Å². The maximum absolute atomic E-state index is 11.7. The number of hydrogen-bond donors (Lipinski definition) is 0. The van der Waals surface area contributed by atoms with Crippen LogP contribution in [0.3, 0.4) is 0 Å². The molecule has 0 aromatic heterocycles. The molecule has 1 aliphatic carbocycles. The lowest BCUT2D eigenvalue weighted by atomic mass is 9.81. The highest BCUT2D eigenvalue weighted by Gasteiger charge is 2.38. The number of ether oxygens (including phenoxy) is 2. The Balaban J connectivity index is 1.97. The van der Waals surface area contributed by atoms with Crippen LogP contribution in [0.5, 0.6) is 0 Å². The van der Waals surface area contributed by atoms with E-state index in [1.165, 1.54) is 12.7 Å². The SMILES string of the molecule is COC(=O)C1=C[C@H](c2ccccc2)[C@@H]2CC=C[C@@H]2O1. The third kappa shape index (κ3) is 2.16. The number of benzene rings is 1. The second kappa shape index (κ2) is 4.92. The minimum absolute atomic E-state index is 0.0238. The summed E-state index contributed by atoms with van der Waals surface area (Å²) in [6.45, 7) is 0. The number of allylic oxidation sites excluding steroid dienone is 2. The maximum atomic E-state index is 11.7. The fourth-order valence-corrected chi connectivity index (χ4v) is 2.83. The van der Waals surface area contributed by atoms with Gasteiger partial charge in [-0.25, -0.2) is 4.79 Å². The van der Waals surface area contributed by atoms with E-state index in [-0.39, 0.29) is 12.0 Å². The van der Waals surface area contributed by atoms with Crippen molar-refractivity contribution in [3.05, 3.63) is 59.9 Å². The average Bonchev–Trinajstić information content (AvgIpc) is 2.94. The van der Waals surface area contributed by atoms with Gasteiger partial charge in [0.15, 0.2) is 0 Å². The number of fused-ring (bicyclic) bond motifs is 1. The standard InChI is InChI=1S/C16H16O3/c1-18-16(17)15-10-13(11-6-3-2-4-7-11)12-8-5-9-14(12)19-15/h2-7,9-10,12-14H,8H2,1H3/t12-,13+,14-/m0/s1. The summed E-state index contributed by atoms with van der Waals surface area (Å²) in [4.78, 5) is 11.7. The van der Waals surface area contributed by atoms with Gasteiger partial charge in [0, 0.05) is 11.8 Å². The first-order chi connectivity index (χ1) is 9.29. The highest BCUT2D eigenvalue weighted by atomic mass is 16.6. The quantitative estimate of drug-likeness (QED) is 0.603. The summed E-state index contributed by atoms with van der Waals surface area (Å²) in [5, 5.41) is 0. The maximum Gasteiger partial charge on any atom is 0.373 e. The molecule has 0 fully saturated rings. The van der Waals surface area contributed by atoms with Gasteiger partial charge in [0.25, 0.3) is 0 Å². The summed E-state index contributed by atoms with van der Waals surface area (Å²) in [5.41, 5.74) is 1.21. The van der Waals surface area contributed by atoms with E-state index in [4.69, 9.17) is 9.47 Å². The fourth-order valence-electron chi connectivity index (χ4n) is 2.83. The van der Waals surface area contributed by atoms with Crippen molar-refractivity contribution in [3.8, 4) is 0 Å². The molecule has 19 heavy (non-hydrogen) atoms. The monoisotopic (exact) mass is 256 g/mol. The molecule has 0 amide bonds. The van der Waals surface area contributed by atoms with Gasteiger partial charge in [0.1, 0.15) is 6.10 Å². The fraction of sp³-hybridized carbons (Fsp3) is 0.312. The second-order valence-corrected chi connectivity index (χ2v) is 4.87. The van der Waals surface area contributed by atoms with Gasteiger partial charge in [0.2, 0.25) is 5.76 Å². The van der Waals surface area contributed by atoms with E-state index in [2.05, 4.69) is 18.2 Å². The Bertz CT molecular complexity index is 530. The summed E-state index contributed by atoms with van der Waals surface area (Å²) in [6, 6.07) is 10.2. The van der Waals surface area contributed by atoms with E-state index in [9.17, 15) is 4.79 Å². The highest BCUT2D eigenvalue weighted by molar-refractivity contribution is 5.86. The number of carbonyl (C=O) groups excluding carboxylic acids is 1. The van der Waals surface area contributed by atoms with Crippen molar-refractivity contribution in [1.82, 2.24) is 0 Å². The first kappa shape index (κ1) is 12.0. The van der Waals surface area contributed by atoms with Crippen molar-refractivity contribution in [2.24, 2.45) is 5.92 Å². The number of hydrogen-bond acceptors (Lipinski definition) is 3. The van der Waals surface area contributed by atoms with Crippen LogP contribution in [0.15, 0.2) is 54.3 Å². The van der Waals surface area contributed by atoms with Crippen LogP contribution in [0.4, 0.5) is 0 Å². The average molecular weight is 256 g/mol. The van der Waals surface area contributed by atoms with Crippen LogP contribution in [-0.4, -0.2) is 19.2 Å². The van der Waals surface area contributed by atoms with Gasteiger partial charge in [-0.1, -0.05) is 36.4 Å². The van der Waals surface area contributed by atoms with Crippen LogP contribution in [-0.2, 0) is 14.3 Å². The van der Waals surface area contributed by atoms with Gasteiger partial charge in [0.05, 0.1) is 7.11 Å². The minimum Gasteiger partial charge on any atom is -0.479 e. The largest absolute Gasteiger partial charge is 0.479 e. The minimum atomic E-state index is -0.403. The van der Waals surface area contributed by atoms with E-state index >= 15 is 0 Å². The zero-order valence-corrected chi connectivity index (χ0v) is 10.8. The molecule has 1 aromatic rings. The topological polar surface area (TPSA) is 35.5 Å². The molecule has 3 heteroatoms. The van der Waals surface area contributed by atoms with Crippen LogP contribution >= 0.6 is 0 Å². The van der Waals surface area contributed by atoms with E-state index in [0.717, 1.165) is 6.42 Å². The van der Waals surface area contributed by atoms with Crippen LogP contribution in [0.1, 0.15) is 17.9 Å². The van der Waals surface area contributed by atoms with Crippen molar-refractivity contribution >= 4 is 5.97 Å². The molecule has 0 saturated carbocycles. The zero-order chi connectivity index (χ0) is 13.2. The number of carbonyl (C=O) groups is 1. The molecule has 1 aliphatic heterocycles. The molecular formula is C16H16O3. The van der Waals surface area contributed by atoms with Gasteiger partial charge >= 0.3 is 5.97 Å². The highest BCUT2D eigenvalue weighted by Crippen LogP contribution is 2.41. The molecule has 3 atom stereocenters. The predicted molar refractivity (Wildman–Crippen MR) is 71.4 cm³/mol. The normalized spacial score (nSPS) is 28.3. The zero-order valence-electron chi connectivity index (χ0n) is 10.8. The molecule has 1 heterocycles. The number of methoxy groups -OCH3 is 1. The molecule has 3 nitrogen and oxygen atoms in total. The first-order valence-electron chi connectivity index (χ1n) is 6.48. The molecule has 0 unspecified atom stereocenters. The third-order valence-electron chi connectivity index (χ3n) is 3.78. The van der Waals surface area contributed by atoms with Crippen molar-refractivity contribution in [2.45, 2.75) is 18.4 Å². The van der Waals surface area contributed by atoms with Gasteiger partial charge in [-0.15, -0.1) is 0 Å². The van der Waals surface area contributed by atoms with Crippen molar-refractivity contribution in [1.29, 1.82) is 0 Å². The smallest absolute Gasteiger partial charge is 0.373 e. The molecule has 0 spiro atoms. The molecule has 1 aromatic carbocycles. The van der Waals surface area contributed by atoms with E-state index in [1.807, 2.05) is 30.4 Å².